The van der Waals surface area contributed by atoms with Gasteiger partial charge in [-0.15, -0.1) is 0 Å². The standard InChI is InChI=1S/C23H16F4N4O3/c1-30-12-29-20-9-7-16(11-17(20)21(30)32)34-15-5-2-13(3-6-15)31(22(28)33)14-4-8-19(24)18(10-14)23(25,26)27/h2-12H,1H3,(H2,28,33). The van der Waals surface area contributed by atoms with Gasteiger partial charge in [-0.3, -0.25) is 9.69 Å². The largest absolute Gasteiger partial charge is 0.457 e. The van der Waals surface area contributed by atoms with Gasteiger partial charge >= 0.3 is 12.2 Å². The molecule has 0 aliphatic heterocycles. The Balaban J connectivity index is 1.63. The number of amides is 2. The molecule has 0 aliphatic carbocycles. The molecule has 0 spiro atoms. The lowest BCUT2D eigenvalue weighted by atomic mass is 10.1. The highest BCUT2D eigenvalue weighted by molar-refractivity contribution is 5.98. The number of primary amides is 1. The zero-order chi connectivity index (χ0) is 24.6. The molecule has 11 heteroatoms. The Morgan fingerprint density at radius 3 is 2.29 bits per heavy atom. The van der Waals surface area contributed by atoms with Crippen molar-refractivity contribution in [3.63, 3.8) is 0 Å². The quantitative estimate of drug-likeness (QED) is 0.419. The minimum atomic E-state index is -4.95. The topological polar surface area (TPSA) is 90.4 Å². The summed E-state index contributed by atoms with van der Waals surface area (Å²) in [6.45, 7) is 0. The lowest BCUT2D eigenvalue weighted by Gasteiger charge is -2.22. The van der Waals surface area contributed by atoms with E-state index in [4.69, 9.17) is 10.5 Å². The number of hydrogen-bond donors (Lipinski definition) is 1. The van der Waals surface area contributed by atoms with Crippen molar-refractivity contribution in [2.75, 3.05) is 4.90 Å². The van der Waals surface area contributed by atoms with Crippen molar-refractivity contribution in [2.24, 2.45) is 12.8 Å². The molecular weight excluding hydrogens is 456 g/mol. The Bertz CT molecular complexity index is 1450. The smallest absolute Gasteiger partial charge is 0.419 e. The molecule has 7 nitrogen and oxygen atoms in total. The van der Waals surface area contributed by atoms with Crippen LogP contribution in [0.1, 0.15) is 5.56 Å². The number of halogens is 4. The van der Waals surface area contributed by atoms with Crippen LogP contribution in [0.25, 0.3) is 10.9 Å². The van der Waals surface area contributed by atoms with Gasteiger partial charge in [0.2, 0.25) is 0 Å². The molecule has 1 aromatic heterocycles. The number of alkyl halides is 3. The molecule has 4 rings (SSSR count). The molecule has 4 aromatic rings. The number of nitrogens with zero attached hydrogens (tertiary/aromatic N) is 3. The number of anilines is 2. The predicted molar refractivity (Wildman–Crippen MR) is 117 cm³/mol. The number of carbonyl (C=O) groups excluding carboxylic acids is 1. The van der Waals surface area contributed by atoms with E-state index < -0.39 is 23.6 Å². The molecule has 0 saturated heterocycles. The fraction of sp³-hybridized carbons (Fsp3) is 0.0870. The molecular formula is C23H16F4N4O3. The first-order chi connectivity index (χ1) is 16.0. The van der Waals surface area contributed by atoms with Crippen molar-refractivity contribution in [2.45, 2.75) is 6.18 Å². The average molecular weight is 472 g/mol. The maximum Gasteiger partial charge on any atom is 0.419 e. The number of benzene rings is 3. The number of rotatable bonds is 4. The van der Waals surface area contributed by atoms with Crippen molar-refractivity contribution in [1.29, 1.82) is 0 Å². The molecule has 34 heavy (non-hydrogen) atoms. The number of carbonyl (C=O) groups is 1. The minimum Gasteiger partial charge on any atom is -0.457 e. The zero-order valence-corrected chi connectivity index (χ0v) is 17.5. The summed E-state index contributed by atoms with van der Waals surface area (Å²) in [7, 11) is 1.57. The maximum atomic E-state index is 13.6. The molecule has 2 N–H and O–H groups in total. The van der Waals surface area contributed by atoms with E-state index in [2.05, 4.69) is 4.98 Å². The minimum absolute atomic E-state index is 0.135. The summed E-state index contributed by atoms with van der Waals surface area (Å²) in [4.78, 5) is 29.3. The van der Waals surface area contributed by atoms with Crippen LogP contribution in [-0.4, -0.2) is 15.6 Å². The van der Waals surface area contributed by atoms with Crippen LogP contribution in [0.3, 0.4) is 0 Å². The second-order valence-electron chi connectivity index (χ2n) is 7.27. The Hall–Kier alpha value is -4.41. The molecule has 3 aromatic carbocycles. The van der Waals surface area contributed by atoms with Gasteiger partial charge in [-0.25, -0.2) is 14.2 Å². The average Bonchev–Trinajstić information content (AvgIpc) is 2.78. The van der Waals surface area contributed by atoms with Gasteiger partial charge in [-0.2, -0.15) is 13.2 Å². The molecule has 0 radical (unpaired) electrons. The third-order valence-electron chi connectivity index (χ3n) is 4.95. The van der Waals surface area contributed by atoms with Gasteiger partial charge < -0.3 is 15.0 Å². The van der Waals surface area contributed by atoms with E-state index in [1.807, 2.05) is 0 Å². The Labute approximate surface area is 189 Å². The summed E-state index contributed by atoms with van der Waals surface area (Å²) in [5.41, 5.74) is 3.99. The SMILES string of the molecule is Cn1cnc2ccc(Oc3ccc(N(C(N)=O)c4ccc(F)c(C(F)(F)F)c4)cc3)cc2c1=O. The predicted octanol–water partition coefficient (Wildman–Crippen LogP) is 5.10. The van der Waals surface area contributed by atoms with Crippen molar-refractivity contribution < 1.29 is 27.1 Å². The van der Waals surface area contributed by atoms with E-state index in [0.29, 0.717) is 34.5 Å². The fourth-order valence-electron chi connectivity index (χ4n) is 3.33. The second kappa shape index (κ2) is 8.50. The molecule has 0 aliphatic rings. The van der Waals surface area contributed by atoms with Gasteiger partial charge in [-0.05, 0) is 60.7 Å². The molecule has 0 atom stereocenters. The monoisotopic (exact) mass is 472 g/mol. The highest BCUT2D eigenvalue weighted by atomic mass is 19.4. The molecule has 2 amide bonds. The second-order valence-corrected chi connectivity index (χ2v) is 7.27. The van der Waals surface area contributed by atoms with Crippen molar-refractivity contribution in [3.8, 4) is 11.5 Å². The Morgan fingerprint density at radius 2 is 1.65 bits per heavy atom. The number of hydrogen-bond acceptors (Lipinski definition) is 4. The van der Waals surface area contributed by atoms with Crippen LogP contribution < -0.4 is 20.9 Å². The van der Waals surface area contributed by atoms with Crippen LogP contribution in [0.2, 0.25) is 0 Å². The van der Waals surface area contributed by atoms with Gasteiger partial charge in [0.15, 0.2) is 0 Å². The number of nitrogens with two attached hydrogens (primary N) is 1. The Kier molecular flexibility index (Phi) is 5.70. The van der Waals surface area contributed by atoms with Crippen molar-refractivity contribution in [3.05, 3.63) is 88.7 Å². The maximum absolute atomic E-state index is 13.6. The summed E-state index contributed by atoms with van der Waals surface area (Å²) < 4.78 is 60.0. The number of urea groups is 1. The van der Waals surface area contributed by atoms with E-state index in [1.54, 1.807) is 19.2 Å². The third kappa shape index (κ3) is 4.40. The van der Waals surface area contributed by atoms with Gasteiger partial charge in [0.25, 0.3) is 5.56 Å². The number of fused-ring (bicyclic) bond motifs is 1. The molecule has 0 unspecified atom stereocenters. The lowest BCUT2D eigenvalue weighted by Crippen LogP contribution is -2.31. The van der Waals surface area contributed by atoms with E-state index >= 15 is 0 Å². The first-order valence-electron chi connectivity index (χ1n) is 9.74. The van der Waals surface area contributed by atoms with Gasteiger partial charge in [-0.1, -0.05) is 0 Å². The molecule has 0 bridgehead atoms. The van der Waals surface area contributed by atoms with Crippen LogP contribution >= 0.6 is 0 Å². The summed E-state index contributed by atoms with van der Waals surface area (Å²) in [6.07, 6.45) is -3.54. The van der Waals surface area contributed by atoms with E-state index in [0.717, 1.165) is 11.0 Å². The molecule has 0 fully saturated rings. The summed E-state index contributed by atoms with van der Waals surface area (Å²) in [5, 5.41) is 0.357. The highest BCUT2D eigenvalue weighted by Crippen LogP contribution is 2.36. The normalized spacial score (nSPS) is 11.4. The number of ether oxygens (including phenoxy) is 1. The van der Waals surface area contributed by atoms with Gasteiger partial charge in [0.1, 0.15) is 17.3 Å². The van der Waals surface area contributed by atoms with Crippen LogP contribution in [0.4, 0.5) is 33.7 Å². The number of aryl methyl sites for hydroxylation is 1. The summed E-state index contributed by atoms with van der Waals surface area (Å²) >= 11 is 0. The number of aromatic nitrogens is 2. The first kappa shape index (κ1) is 22.8. The molecule has 1 heterocycles. The van der Waals surface area contributed by atoms with E-state index in [-0.39, 0.29) is 16.9 Å². The summed E-state index contributed by atoms with van der Waals surface area (Å²) in [5.74, 6) is -0.793. The molecule has 0 saturated carbocycles. The van der Waals surface area contributed by atoms with Crippen molar-refractivity contribution >= 4 is 28.3 Å². The fourth-order valence-corrected chi connectivity index (χ4v) is 3.33. The first-order valence-corrected chi connectivity index (χ1v) is 9.74. The van der Waals surface area contributed by atoms with Gasteiger partial charge in [0, 0.05) is 7.05 Å². The lowest BCUT2D eigenvalue weighted by molar-refractivity contribution is -0.139. The molecule has 174 valence electrons. The van der Waals surface area contributed by atoms with E-state index in [9.17, 15) is 27.2 Å². The van der Waals surface area contributed by atoms with Crippen LogP contribution in [-0.2, 0) is 13.2 Å². The van der Waals surface area contributed by atoms with Crippen LogP contribution in [0.15, 0.2) is 71.8 Å². The summed E-state index contributed by atoms with van der Waals surface area (Å²) in [6, 6.07) is 11.6. The van der Waals surface area contributed by atoms with Crippen molar-refractivity contribution in [1.82, 2.24) is 9.55 Å². The van der Waals surface area contributed by atoms with Crippen LogP contribution in [0, 0.1) is 5.82 Å². The van der Waals surface area contributed by atoms with E-state index in [1.165, 1.54) is 41.2 Å². The Morgan fingerprint density at radius 1 is 1.00 bits per heavy atom. The zero-order valence-electron chi connectivity index (χ0n) is 17.5. The van der Waals surface area contributed by atoms with Crippen LogP contribution in [0.5, 0.6) is 11.5 Å². The third-order valence-corrected chi connectivity index (χ3v) is 4.95. The highest BCUT2D eigenvalue weighted by Gasteiger charge is 2.35. The van der Waals surface area contributed by atoms with Gasteiger partial charge in [0.05, 0.1) is 34.2 Å².